The Morgan fingerprint density at radius 3 is 2.90 bits per heavy atom. The van der Waals surface area contributed by atoms with E-state index in [1.807, 2.05) is 36.9 Å². The van der Waals surface area contributed by atoms with Crippen LogP contribution in [0.2, 0.25) is 0 Å². The van der Waals surface area contributed by atoms with Crippen LogP contribution in [0.25, 0.3) is 0 Å². The van der Waals surface area contributed by atoms with Crippen molar-refractivity contribution < 1.29 is 4.79 Å². The minimum Gasteiger partial charge on any atom is -0.397 e. The van der Waals surface area contributed by atoms with E-state index < -0.39 is 0 Å². The molecule has 1 fully saturated rings. The molecule has 4 nitrogen and oxygen atoms in total. The Labute approximate surface area is 125 Å². The van der Waals surface area contributed by atoms with Crippen molar-refractivity contribution in [1.29, 1.82) is 0 Å². The highest BCUT2D eigenvalue weighted by atomic mass is 32.2. The quantitative estimate of drug-likeness (QED) is 0.840. The summed E-state index contributed by atoms with van der Waals surface area (Å²) in [6, 6.07) is 5.65. The minimum atomic E-state index is 0.00806. The normalized spacial score (nSPS) is 18.8. The van der Waals surface area contributed by atoms with Crippen LogP contribution in [0.5, 0.6) is 0 Å². The molecule has 0 atom stereocenters. The molecule has 1 aliphatic rings. The summed E-state index contributed by atoms with van der Waals surface area (Å²) in [6.07, 6.45) is 0. The molecule has 0 aliphatic carbocycles. The van der Waals surface area contributed by atoms with Gasteiger partial charge in [-0.15, -0.1) is 0 Å². The van der Waals surface area contributed by atoms with Gasteiger partial charge in [-0.3, -0.25) is 9.69 Å². The van der Waals surface area contributed by atoms with Crippen LogP contribution >= 0.6 is 11.8 Å². The Morgan fingerprint density at radius 2 is 2.25 bits per heavy atom. The van der Waals surface area contributed by atoms with Gasteiger partial charge in [0.25, 0.3) is 0 Å². The molecule has 110 valence electrons. The molecule has 0 saturated carbocycles. The fourth-order valence-electron chi connectivity index (χ4n) is 2.49. The first-order chi connectivity index (χ1) is 9.37. The van der Waals surface area contributed by atoms with E-state index in [0.29, 0.717) is 12.2 Å². The highest BCUT2D eigenvalue weighted by Crippen LogP contribution is 2.29. The van der Waals surface area contributed by atoms with E-state index in [2.05, 4.69) is 24.1 Å². The Bertz CT molecular complexity index is 482. The molecule has 1 saturated heterocycles. The van der Waals surface area contributed by atoms with Crippen LogP contribution < -0.4 is 11.1 Å². The van der Waals surface area contributed by atoms with E-state index in [-0.39, 0.29) is 10.7 Å². The van der Waals surface area contributed by atoms with Crippen molar-refractivity contribution in [2.24, 2.45) is 0 Å². The zero-order valence-corrected chi connectivity index (χ0v) is 13.2. The number of carbonyl (C=O) groups excluding carboxylic acids is 1. The highest BCUT2D eigenvalue weighted by Gasteiger charge is 2.28. The lowest BCUT2D eigenvalue weighted by Crippen LogP contribution is -2.46. The van der Waals surface area contributed by atoms with E-state index in [9.17, 15) is 4.79 Å². The van der Waals surface area contributed by atoms with Crippen molar-refractivity contribution in [1.82, 2.24) is 4.90 Å². The summed E-state index contributed by atoms with van der Waals surface area (Å²) < 4.78 is 0.222. The average molecular weight is 293 g/mol. The second kappa shape index (κ2) is 6.06. The standard InChI is InChI=1S/C15H23N3OS/c1-11-5-4-6-12(16)14(11)17-13(19)9-18-7-8-20-15(2,3)10-18/h4-6H,7-10,16H2,1-3H3,(H,17,19). The van der Waals surface area contributed by atoms with Gasteiger partial charge in [-0.05, 0) is 32.4 Å². The number of nitrogens with one attached hydrogen (secondary N) is 1. The fraction of sp³-hybridized carbons (Fsp3) is 0.533. The largest absolute Gasteiger partial charge is 0.397 e. The first-order valence-electron chi connectivity index (χ1n) is 6.89. The summed E-state index contributed by atoms with van der Waals surface area (Å²) in [5.74, 6) is 1.08. The highest BCUT2D eigenvalue weighted by molar-refractivity contribution is 8.00. The first-order valence-corrected chi connectivity index (χ1v) is 7.87. The zero-order chi connectivity index (χ0) is 14.8. The molecule has 2 rings (SSSR count). The smallest absolute Gasteiger partial charge is 0.238 e. The van der Waals surface area contributed by atoms with Crippen LogP contribution in [0.3, 0.4) is 0 Å². The molecular formula is C15H23N3OS. The van der Waals surface area contributed by atoms with Gasteiger partial charge >= 0.3 is 0 Å². The predicted octanol–water partition coefficient (Wildman–Crippen LogP) is 2.34. The Kier molecular flexibility index (Phi) is 4.60. The second-order valence-corrected chi connectivity index (χ2v) is 7.71. The van der Waals surface area contributed by atoms with Crippen molar-refractivity contribution in [2.75, 3.05) is 36.4 Å². The molecule has 1 aromatic carbocycles. The predicted molar refractivity (Wildman–Crippen MR) is 87.2 cm³/mol. The van der Waals surface area contributed by atoms with Gasteiger partial charge in [0.1, 0.15) is 0 Å². The number of benzene rings is 1. The van der Waals surface area contributed by atoms with Crippen molar-refractivity contribution in [3.05, 3.63) is 23.8 Å². The molecule has 0 radical (unpaired) electrons. The maximum Gasteiger partial charge on any atom is 0.238 e. The van der Waals surface area contributed by atoms with Gasteiger partial charge in [-0.2, -0.15) is 11.8 Å². The number of rotatable bonds is 3. The third kappa shape index (κ3) is 3.90. The number of thioether (sulfide) groups is 1. The van der Waals surface area contributed by atoms with Crippen molar-refractivity contribution >= 4 is 29.0 Å². The lowest BCUT2D eigenvalue weighted by atomic mass is 10.1. The second-order valence-electron chi connectivity index (χ2n) is 5.91. The van der Waals surface area contributed by atoms with Gasteiger partial charge in [0.15, 0.2) is 0 Å². The maximum atomic E-state index is 12.2. The van der Waals surface area contributed by atoms with Crippen molar-refractivity contribution in [2.45, 2.75) is 25.5 Å². The van der Waals surface area contributed by atoms with Gasteiger partial charge in [0.05, 0.1) is 17.9 Å². The number of para-hydroxylation sites is 1. The van der Waals surface area contributed by atoms with Crippen LogP contribution in [0, 0.1) is 6.92 Å². The molecular weight excluding hydrogens is 270 g/mol. The number of carbonyl (C=O) groups is 1. The van der Waals surface area contributed by atoms with Crippen LogP contribution in [0.15, 0.2) is 18.2 Å². The monoisotopic (exact) mass is 293 g/mol. The molecule has 3 N–H and O–H groups in total. The van der Waals surface area contributed by atoms with Crippen LogP contribution in [-0.2, 0) is 4.79 Å². The van der Waals surface area contributed by atoms with Gasteiger partial charge in [-0.25, -0.2) is 0 Å². The van der Waals surface area contributed by atoms with Crippen molar-refractivity contribution in [3.63, 3.8) is 0 Å². The number of nitrogens with two attached hydrogens (primary N) is 1. The summed E-state index contributed by atoms with van der Waals surface area (Å²) >= 11 is 1.97. The first kappa shape index (κ1) is 15.2. The van der Waals surface area contributed by atoms with Crippen LogP contribution in [0.1, 0.15) is 19.4 Å². The lowest BCUT2D eigenvalue weighted by molar-refractivity contribution is -0.117. The van der Waals surface area contributed by atoms with Gasteiger partial charge in [0.2, 0.25) is 5.91 Å². The third-order valence-electron chi connectivity index (χ3n) is 3.44. The summed E-state index contributed by atoms with van der Waals surface area (Å²) in [4.78, 5) is 14.4. The topological polar surface area (TPSA) is 58.4 Å². The minimum absolute atomic E-state index is 0.00806. The molecule has 1 aliphatic heterocycles. The molecule has 5 heteroatoms. The summed E-state index contributed by atoms with van der Waals surface area (Å²) in [7, 11) is 0. The van der Waals surface area contributed by atoms with E-state index in [4.69, 9.17) is 5.73 Å². The van der Waals surface area contributed by atoms with Gasteiger partial charge in [-0.1, -0.05) is 12.1 Å². The number of amides is 1. The van der Waals surface area contributed by atoms with Crippen molar-refractivity contribution in [3.8, 4) is 0 Å². The Morgan fingerprint density at radius 1 is 1.50 bits per heavy atom. The fourth-order valence-corrected chi connectivity index (χ4v) is 3.67. The summed E-state index contributed by atoms with van der Waals surface area (Å²) in [5, 5.41) is 2.94. The molecule has 20 heavy (non-hydrogen) atoms. The molecule has 0 spiro atoms. The van der Waals surface area contributed by atoms with E-state index in [1.54, 1.807) is 0 Å². The number of anilines is 2. The van der Waals surface area contributed by atoms with Gasteiger partial charge in [0, 0.05) is 23.6 Å². The van der Waals surface area contributed by atoms with Crippen LogP contribution in [0.4, 0.5) is 11.4 Å². The number of nitrogens with zero attached hydrogens (tertiary/aromatic N) is 1. The number of aryl methyl sites for hydroxylation is 1. The molecule has 1 heterocycles. The zero-order valence-electron chi connectivity index (χ0n) is 12.4. The van der Waals surface area contributed by atoms with E-state index >= 15 is 0 Å². The summed E-state index contributed by atoms with van der Waals surface area (Å²) in [6.45, 7) is 8.73. The van der Waals surface area contributed by atoms with E-state index in [0.717, 1.165) is 30.1 Å². The number of hydrogen-bond donors (Lipinski definition) is 2. The maximum absolute atomic E-state index is 12.2. The molecule has 0 bridgehead atoms. The van der Waals surface area contributed by atoms with Gasteiger partial charge < -0.3 is 11.1 Å². The number of hydrogen-bond acceptors (Lipinski definition) is 4. The average Bonchev–Trinajstić information content (AvgIpc) is 2.33. The molecule has 1 aromatic rings. The molecule has 1 amide bonds. The SMILES string of the molecule is Cc1cccc(N)c1NC(=O)CN1CCSC(C)(C)C1. The Hall–Kier alpha value is -1.20. The molecule has 0 aromatic heterocycles. The summed E-state index contributed by atoms with van der Waals surface area (Å²) in [5.41, 5.74) is 8.27. The number of nitrogen functional groups attached to an aromatic ring is 1. The van der Waals surface area contributed by atoms with Crippen LogP contribution in [-0.4, -0.2) is 40.9 Å². The lowest BCUT2D eigenvalue weighted by Gasteiger charge is -2.37. The third-order valence-corrected chi connectivity index (χ3v) is 4.74. The molecule has 0 unspecified atom stereocenters. The van der Waals surface area contributed by atoms with E-state index in [1.165, 1.54) is 0 Å². The Balaban J connectivity index is 1.96.